The molecule has 31 heavy (non-hydrogen) atoms. The third kappa shape index (κ3) is 7.27. The van der Waals surface area contributed by atoms with Gasteiger partial charge in [-0.2, -0.15) is 0 Å². The number of benzene rings is 1. The summed E-state index contributed by atoms with van der Waals surface area (Å²) in [5, 5.41) is 0. The molecule has 8 nitrogen and oxygen atoms in total. The van der Waals surface area contributed by atoms with Gasteiger partial charge < -0.3 is 23.8 Å². The molecule has 1 aromatic carbocycles. The lowest BCUT2D eigenvalue weighted by Gasteiger charge is -2.14. The molecule has 0 unspecified atom stereocenters. The zero-order valence-electron chi connectivity index (χ0n) is 18.1. The van der Waals surface area contributed by atoms with Crippen molar-refractivity contribution in [3.63, 3.8) is 0 Å². The van der Waals surface area contributed by atoms with Crippen molar-refractivity contribution in [2.24, 2.45) is 0 Å². The second-order valence-electron chi connectivity index (χ2n) is 6.57. The number of hydrogen-bond acceptors (Lipinski definition) is 9. The van der Waals surface area contributed by atoms with Gasteiger partial charge in [0, 0.05) is 13.1 Å². The highest BCUT2D eigenvalue weighted by Gasteiger charge is 2.32. The van der Waals surface area contributed by atoms with Crippen LogP contribution in [0.3, 0.4) is 0 Å². The van der Waals surface area contributed by atoms with Gasteiger partial charge in [0.2, 0.25) is 5.75 Å². The summed E-state index contributed by atoms with van der Waals surface area (Å²) >= 11 is 6.50. The van der Waals surface area contributed by atoms with E-state index in [2.05, 4.69) is 0 Å². The Morgan fingerprint density at radius 2 is 1.77 bits per heavy atom. The minimum atomic E-state index is -0.362. The van der Waals surface area contributed by atoms with Gasteiger partial charge in [-0.1, -0.05) is 24.0 Å². The molecule has 1 aliphatic heterocycles. The molecule has 0 radical (unpaired) electrons. The van der Waals surface area contributed by atoms with Gasteiger partial charge in [0.05, 0.1) is 32.7 Å². The van der Waals surface area contributed by atoms with Crippen LogP contribution in [0.15, 0.2) is 17.0 Å². The molecule has 1 aliphatic rings. The molecule has 1 saturated heterocycles. The fourth-order valence-electron chi connectivity index (χ4n) is 2.65. The Hall–Kier alpha value is -2.01. The number of halogens is 1. The van der Waals surface area contributed by atoms with Crippen molar-refractivity contribution in [1.29, 1.82) is 0 Å². The molecule has 0 N–H and O–H groups in total. The number of thiocarbonyl (C=S) groups is 1. The standard InChI is InChI=1S/C20H26N2O6S2.ClH/c1-21(2)8-9-28-17(23)6-7-22-19(24)16(30-20(22)29)12-13-10-14(25-3)18(27-5)15(11-13)26-4;/h10-12H,6-9H2,1-5H3;1H/b16-12+;. The molecule has 0 aromatic heterocycles. The van der Waals surface area contributed by atoms with E-state index < -0.39 is 0 Å². The molecule has 1 fully saturated rings. The summed E-state index contributed by atoms with van der Waals surface area (Å²) in [5.41, 5.74) is 0.702. The average Bonchev–Trinajstić information content (AvgIpc) is 2.97. The summed E-state index contributed by atoms with van der Waals surface area (Å²) < 4.78 is 21.6. The Morgan fingerprint density at radius 1 is 1.16 bits per heavy atom. The number of amides is 1. The summed E-state index contributed by atoms with van der Waals surface area (Å²) in [7, 11) is 8.37. The van der Waals surface area contributed by atoms with Crippen molar-refractivity contribution in [2.45, 2.75) is 6.42 Å². The fourth-order valence-corrected chi connectivity index (χ4v) is 3.95. The molecular weight excluding hydrogens is 464 g/mol. The second kappa shape index (κ2) is 12.7. The number of thioether (sulfide) groups is 1. The molecule has 1 amide bonds. The van der Waals surface area contributed by atoms with E-state index in [1.54, 1.807) is 18.2 Å². The van der Waals surface area contributed by atoms with Crippen LogP contribution >= 0.6 is 36.4 Å². The second-order valence-corrected chi connectivity index (χ2v) is 8.24. The Bertz CT molecular complexity index is 822. The summed E-state index contributed by atoms with van der Waals surface area (Å²) in [5.74, 6) is 0.829. The maximum atomic E-state index is 12.8. The number of carbonyl (C=O) groups is 2. The third-order valence-electron chi connectivity index (χ3n) is 4.20. The number of nitrogens with zero attached hydrogens (tertiary/aromatic N) is 2. The lowest BCUT2D eigenvalue weighted by Crippen LogP contribution is -2.31. The fraction of sp³-hybridized carbons (Fsp3) is 0.450. The molecule has 1 aromatic rings. The first kappa shape index (κ1) is 27.0. The summed E-state index contributed by atoms with van der Waals surface area (Å²) in [6.07, 6.45) is 1.79. The molecule has 2 rings (SSSR count). The van der Waals surface area contributed by atoms with Crippen LogP contribution in [0, 0.1) is 0 Å². The summed E-state index contributed by atoms with van der Waals surface area (Å²) in [6, 6.07) is 3.49. The van der Waals surface area contributed by atoms with E-state index in [0.29, 0.717) is 45.2 Å². The van der Waals surface area contributed by atoms with E-state index in [4.69, 9.17) is 31.2 Å². The number of likely N-dealkylation sites (N-methyl/N-ethyl adjacent to an activating group) is 1. The van der Waals surface area contributed by atoms with Crippen LogP contribution in [-0.2, 0) is 14.3 Å². The maximum absolute atomic E-state index is 12.8. The van der Waals surface area contributed by atoms with Gasteiger partial charge in [-0.05, 0) is 37.9 Å². The van der Waals surface area contributed by atoms with Crippen LogP contribution < -0.4 is 14.2 Å². The average molecular weight is 491 g/mol. The monoisotopic (exact) mass is 490 g/mol. The lowest BCUT2D eigenvalue weighted by atomic mass is 10.1. The molecule has 172 valence electrons. The van der Waals surface area contributed by atoms with Crippen molar-refractivity contribution in [2.75, 3.05) is 55.1 Å². The van der Waals surface area contributed by atoms with Gasteiger partial charge in [-0.25, -0.2) is 0 Å². The van der Waals surface area contributed by atoms with Crippen molar-refractivity contribution in [1.82, 2.24) is 9.80 Å². The number of methoxy groups -OCH3 is 3. The SMILES string of the molecule is COc1cc(/C=C2/SC(=S)N(CCC(=O)OCCN(C)C)C2=O)cc(OC)c1OC.Cl. The Labute approximate surface area is 198 Å². The van der Waals surface area contributed by atoms with E-state index in [0.717, 1.165) is 0 Å². The topological polar surface area (TPSA) is 77.5 Å². The number of rotatable bonds is 10. The highest BCUT2D eigenvalue weighted by molar-refractivity contribution is 8.26. The largest absolute Gasteiger partial charge is 0.493 e. The Morgan fingerprint density at radius 3 is 2.29 bits per heavy atom. The van der Waals surface area contributed by atoms with Crippen molar-refractivity contribution < 1.29 is 28.5 Å². The molecular formula is C20H27ClN2O6S2. The molecule has 1 heterocycles. The molecule has 0 spiro atoms. The lowest BCUT2D eigenvalue weighted by molar-refractivity contribution is -0.144. The third-order valence-corrected chi connectivity index (χ3v) is 5.58. The predicted molar refractivity (Wildman–Crippen MR) is 127 cm³/mol. The van der Waals surface area contributed by atoms with Crippen molar-refractivity contribution in [3.05, 3.63) is 22.6 Å². The van der Waals surface area contributed by atoms with Gasteiger partial charge in [0.15, 0.2) is 11.5 Å². The minimum Gasteiger partial charge on any atom is -0.493 e. The first-order valence-corrected chi connectivity index (χ1v) is 10.4. The highest BCUT2D eigenvalue weighted by Crippen LogP contribution is 2.40. The molecule has 0 saturated carbocycles. The number of hydrogen-bond donors (Lipinski definition) is 0. The van der Waals surface area contributed by atoms with E-state index >= 15 is 0 Å². The smallest absolute Gasteiger partial charge is 0.307 e. The minimum absolute atomic E-state index is 0. The normalized spacial score (nSPS) is 14.6. The Kier molecular flexibility index (Phi) is 11.1. The van der Waals surface area contributed by atoms with Gasteiger partial charge in [0.25, 0.3) is 5.91 Å². The van der Waals surface area contributed by atoms with E-state index in [1.165, 1.54) is 38.0 Å². The zero-order valence-corrected chi connectivity index (χ0v) is 20.6. The zero-order chi connectivity index (χ0) is 22.3. The predicted octanol–water partition coefficient (Wildman–Crippen LogP) is 2.83. The van der Waals surface area contributed by atoms with Crippen molar-refractivity contribution >= 4 is 58.7 Å². The number of esters is 1. The van der Waals surface area contributed by atoms with E-state index in [9.17, 15) is 9.59 Å². The van der Waals surface area contributed by atoms with E-state index in [-0.39, 0.29) is 37.2 Å². The van der Waals surface area contributed by atoms with Gasteiger partial charge in [-0.3, -0.25) is 14.5 Å². The molecule has 0 aliphatic carbocycles. The summed E-state index contributed by atoms with van der Waals surface area (Å²) in [6.45, 7) is 1.13. The quantitative estimate of drug-likeness (QED) is 0.279. The highest BCUT2D eigenvalue weighted by atomic mass is 35.5. The van der Waals surface area contributed by atoms with E-state index in [1.807, 2.05) is 19.0 Å². The maximum Gasteiger partial charge on any atom is 0.307 e. The van der Waals surface area contributed by atoms with Crippen LogP contribution in [-0.4, -0.2) is 81.1 Å². The summed E-state index contributed by atoms with van der Waals surface area (Å²) in [4.78, 5) is 28.4. The van der Waals surface area contributed by atoms with Crippen LogP contribution in [0.4, 0.5) is 0 Å². The molecule has 0 atom stereocenters. The van der Waals surface area contributed by atoms with Crippen LogP contribution in [0.2, 0.25) is 0 Å². The van der Waals surface area contributed by atoms with Gasteiger partial charge in [0.1, 0.15) is 10.9 Å². The van der Waals surface area contributed by atoms with Crippen LogP contribution in [0.1, 0.15) is 12.0 Å². The number of ether oxygens (including phenoxy) is 4. The van der Waals surface area contributed by atoms with Gasteiger partial charge >= 0.3 is 5.97 Å². The van der Waals surface area contributed by atoms with Crippen LogP contribution in [0.25, 0.3) is 6.08 Å². The number of carbonyl (C=O) groups excluding carboxylic acids is 2. The molecule has 11 heteroatoms. The first-order chi connectivity index (χ1) is 14.3. The van der Waals surface area contributed by atoms with Crippen molar-refractivity contribution in [3.8, 4) is 17.2 Å². The first-order valence-electron chi connectivity index (χ1n) is 9.16. The molecule has 0 bridgehead atoms. The van der Waals surface area contributed by atoms with Crippen LogP contribution in [0.5, 0.6) is 17.2 Å². The van der Waals surface area contributed by atoms with Gasteiger partial charge in [-0.15, -0.1) is 12.4 Å². The Balaban J connectivity index is 0.00000480.